The maximum atomic E-state index is 9.41. The first-order valence-corrected chi connectivity index (χ1v) is 4.42. The SMILES string of the molecule is C#CC(O)c1c(Cl)ccc(C)c1Cl. The minimum atomic E-state index is -1.04. The highest BCUT2D eigenvalue weighted by atomic mass is 35.5. The molecule has 0 saturated carbocycles. The summed E-state index contributed by atoms with van der Waals surface area (Å²) in [5.74, 6) is 2.18. The summed E-state index contributed by atoms with van der Waals surface area (Å²) in [4.78, 5) is 0. The van der Waals surface area contributed by atoms with Gasteiger partial charge in [-0.05, 0) is 18.6 Å². The van der Waals surface area contributed by atoms with Crippen molar-refractivity contribution in [2.24, 2.45) is 0 Å². The maximum Gasteiger partial charge on any atom is 0.142 e. The molecule has 0 aromatic heterocycles. The summed E-state index contributed by atoms with van der Waals surface area (Å²) in [5.41, 5.74) is 1.25. The van der Waals surface area contributed by atoms with Crippen molar-refractivity contribution in [3.8, 4) is 12.3 Å². The summed E-state index contributed by atoms with van der Waals surface area (Å²) < 4.78 is 0. The molecule has 0 aliphatic heterocycles. The zero-order valence-corrected chi connectivity index (χ0v) is 8.52. The minimum absolute atomic E-state index is 0.390. The molecule has 1 aromatic carbocycles. The third kappa shape index (κ3) is 1.97. The summed E-state index contributed by atoms with van der Waals surface area (Å²) in [6, 6.07) is 3.44. The second-order valence-corrected chi connectivity index (χ2v) is 3.45. The summed E-state index contributed by atoms with van der Waals surface area (Å²) in [5, 5.41) is 10.2. The van der Waals surface area contributed by atoms with Crippen LogP contribution in [-0.2, 0) is 0 Å². The second-order valence-electron chi connectivity index (χ2n) is 2.66. The van der Waals surface area contributed by atoms with Gasteiger partial charge in [-0.15, -0.1) is 6.42 Å². The number of halogens is 2. The van der Waals surface area contributed by atoms with Crippen molar-refractivity contribution in [3.63, 3.8) is 0 Å². The molecular formula is C10H8Cl2O. The van der Waals surface area contributed by atoms with E-state index in [0.717, 1.165) is 5.56 Å². The number of hydrogen-bond acceptors (Lipinski definition) is 1. The lowest BCUT2D eigenvalue weighted by atomic mass is 10.1. The van der Waals surface area contributed by atoms with Crippen LogP contribution >= 0.6 is 23.2 Å². The standard InChI is InChI=1S/C10H8Cl2O/c1-3-8(13)9-7(11)5-4-6(2)10(9)12/h1,4-5,8,13H,2H3. The number of rotatable bonds is 1. The molecule has 1 nitrogen and oxygen atoms in total. The molecule has 1 N–H and O–H groups in total. The van der Waals surface area contributed by atoms with Crippen LogP contribution in [0.25, 0.3) is 0 Å². The van der Waals surface area contributed by atoms with Gasteiger partial charge in [0.1, 0.15) is 6.10 Å². The smallest absolute Gasteiger partial charge is 0.142 e. The Labute approximate surface area is 87.3 Å². The first kappa shape index (κ1) is 10.4. The molecule has 3 heteroatoms. The van der Waals surface area contributed by atoms with E-state index in [-0.39, 0.29) is 0 Å². The van der Waals surface area contributed by atoms with Crippen LogP contribution in [-0.4, -0.2) is 5.11 Å². The zero-order valence-electron chi connectivity index (χ0n) is 7.01. The molecule has 0 saturated heterocycles. The van der Waals surface area contributed by atoms with Gasteiger partial charge >= 0.3 is 0 Å². The van der Waals surface area contributed by atoms with Gasteiger partial charge < -0.3 is 5.11 Å². The number of hydrogen-bond donors (Lipinski definition) is 1. The highest BCUT2D eigenvalue weighted by Gasteiger charge is 2.14. The van der Waals surface area contributed by atoms with Crippen LogP contribution in [0.4, 0.5) is 0 Å². The average Bonchev–Trinajstić information content (AvgIpc) is 2.12. The van der Waals surface area contributed by atoms with Crippen molar-refractivity contribution >= 4 is 23.2 Å². The van der Waals surface area contributed by atoms with Crippen molar-refractivity contribution < 1.29 is 5.11 Å². The van der Waals surface area contributed by atoms with Gasteiger partial charge in [-0.25, -0.2) is 0 Å². The van der Waals surface area contributed by atoms with Gasteiger partial charge in [-0.1, -0.05) is 35.2 Å². The Morgan fingerprint density at radius 1 is 1.46 bits per heavy atom. The van der Waals surface area contributed by atoms with Gasteiger partial charge in [0.15, 0.2) is 0 Å². The van der Waals surface area contributed by atoms with Gasteiger partial charge in [0.2, 0.25) is 0 Å². The molecule has 68 valence electrons. The molecule has 0 aliphatic carbocycles. The fourth-order valence-electron chi connectivity index (χ4n) is 1.01. The van der Waals surface area contributed by atoms with Crippen molar-refractivity contribution in [3.05, 3.63) is 33.3 Å². The van der Waals surface area contributed by atoms with Crippen molar-refractivity contribution in [2.75, 3.05) is 0 Å². The summed E-state index contributed by atoms with van der Waals surface area (Å²) >= 11 is 11.8. The zero-order chi connectivity index (χ0) is 10.0. The number of aryl methyl sites for hydroxylation is 1. The normalized spacial score (nSPS) is 12.2. The number of benzene rings is 1. The van der Waals surface area contributed by atoms with Crippen LogP contribution < -0.4 is 0 Å². The van der Waals surface area contributed by atoms with Gasteiger partial charge in [0.25, 0.3) is 0 Å². The summed E-state index contributed by atoms with van der Waals surface area (Å²) in [7, 11) is 0. The van der Waals surface area contributed by atoms with E-state index >= 15 is 0 Å². The van der Waals surface area contributed by atoms with Gasteiger partial charge in [-0.3, -0.25) is 0 Å². The highest BCUT2D eigenvalue weighted by Crippen LogP contribution is 2.32. The fourth-order valence-corrected chi connectivity index (χ4v) is 1.59. The van der Waals surface area contributed by atoms with E-state index < -0.39 is 6.10 Å². The molecule has 13 heavy (non-hydrogen) atoms. The minimum Gasteiger partial charge on any atom is -0.376 e. The molecule has 0 amide bonds. The van der Waals surface area contributed by atoms with E-state index in [1.54, 1.807) is 12.1 Å². The Morgan fingerprint density at radius 3 is 2.62 bits per heavy atom. The number of terminal acetylenes is 1. The Bertz CT molecular complexity index is 366. The second kappa shape index (κ2) is 4.02. The average molecular weight is 215 g/mol. The fraction of sp³-hybridized carbons (Fsp3) is 0.200. The van der Waals surface area contributed by atoms with Crippen LogP contribution in [0, 0.1) is 19.3 Å². The maximum absolute atomic E-state index is 9.41. The van der Waals surface area contributed by atoms with Crippen LogP contribution in [0.5, 0.6) is 0 Å². The lowest BCUT2D eigenvalue weighted by Gasteiger charge is -2.10. The van der Waals surface area contributed by atoms with Gasteiger partial charge in [0, 0.05) is 10.6 Å². The molecule has 0 radical (unpaired) electrons. The molecule has 1 rings (SSSR count). The molecule has 0 heterocycles. The quantitative estimate of drug-likeness (QED) is 0.714. The lowest BCUT2D eigenvalue weighted by molar-refractivity contribution is 0.238. The van der Waals surface area contributed by atoms with E-state index in [9.17, 15) is 5.11 Å². The van der Waals surface area contributed by atoms with E-state index in [2.05, 4.69) is 5.92 Å². The molecular weight excluding hydrogens is 207 g/mol. The molecule has 1 aromatic rings. The van der Waals surface area contributed by atoms with Crippen LogP contribution in [0.3, 0.4) is 0 Å². The van der Waals surface area contributed by atoms with E-state index in [0.29, 0.717) is 15.6 Å². The van der Waals surface area contributed by atoms with E-state index in [1.807, 2.05) is 6.92 Å². The van der Waals surface area contributed by atoms with Crippen LogP contribution in [0.15, 0.2) is 12.1 Å². The van der Waals surface area contributed by atoms with Crippen LogP contribution in [0.1, 0.15) is 17.2 Å². The van der Waals surface area contributed by atoms with E-state index in [1.165, 1.54) is 0 Å². The summed E-state index contributed by atoms with van der Waals surface area (Å²) in [6.07, 6.45) is 4.03. The molecule has 0 bridgehead atoms. The van der Waals surface area contributed by atoms with Crippen molar-refractivity contribution in [1.82, 2.24) is 0 Å². The predicted molar refractivity (Wildman–Crippen MR) is 55.0 cm³/mol. The monoisotopic (exact) mass is 214 g/mol. The Kier molecular flexibility index (Phi) is 3.22. The molecule has 0 fully saturated rings. The molecule has 0 aliphatic rings. The van der Waals surface area contributed by atoms with Crippen molar-refractivity contribution in [2.45, 2.75) is 13.0 Å². The Hall–Kier alpha value is -0.680. The molecule has 0 spiro atoms. The van der Waals surface area contributed by atoms with Gasteiger partial charge in [-0.2, -0.15) is 0 Å². The Morgan fingerprint density at radius 2 is 2.08 bits per heavy atom. The molecule has 1 atom stereocenters. The highest BCUT2D eigenvalue weighted by molar-refractivity contribution is 6.36. The van der Waals surface area contributed by atoms with Crippen molar-refractivity contribution in [1.29, 1.82) is 0 Å². The topological polar surface area (TPSA) is 20.2 Å². The largest absolute Gasteiger partial charge is 0.376 e. The number of aliphatic hydroxyl groups is 1. The van der Waals surface area contributed by atoms with Gasteiger partial charge in [0.05, 0.1) is 5.02 Å². The summed E-state index contributed by atoms with van der Waals surface area (Å²) in [6.45, 7) is 1.82. The first-order chi connectivity index (χ1) is 6.07. The van der Waals surface area contributed by atoms with E-state index in [4.69, 9.17) is 29.6 Å². The third-order valence-electron chi connectivity index (χ3n) is 1.75. The third-order valence-corrected chi connectivity index (χ3v) is 2.58. The Balaban J connectivity index is 3.35. The predicted octanol–water partition coefficient (Wildman–Crippen LogP) is 2.97. The van der Waals surface area contributed by atoms with Crippen LogP contribution in [0.2, 0.25) is 10.0 Å². The molecule has 1 unspecified atom stereocenters. The first-order valence-electron chi connectivity index (χ1n) is 3.66. The number of aliphatic hydroxyl groups excluding tert-OH is 1. The lowest BCUT2D eigenvalue weighted by Crippen LogP contribution is -1.97.